The lowest BCUT2D eigenvalue weighted by Crippen LogP contribution is -2.38. The molecule has 7 heteroatoms. The predicted molar refractivity (Wildman–Crippen MR) is 64.4 cm³/mol. The van der Waals surface area contributed by atoms with Crippen molar-refractivity contribution in [3.05, 3.63) is 32.6 Å². The maximum Gasteiger partial charge on any atom is 0.330 e. The van der Waals surface area contributed by atoms with E-state index in [2.05, 4.69) is 4.98 Å². The SMILES string of the molecule is Cc1cn([C@H]2CS[C@@H](CO)CO2)c(=O)[nH]c1=O. The van der Waals surface area contributed by atoms with Gasteiger partial charge in [0.05, 0.1) is 18.5 Å². The van der Waals surface area contributed by atoms with E-state index >= 15 is 0 Å². The monoisotopic (exact) mass is 258 g/mol. The number of aryl methyl sites for hydroxylation is 1. The number of hydrogen-bond acceptors (Lipinski definition) is 5. The van der Waals surface area contributed by atoms with E-state index in [0.717, 1.165) is 0 Å². The third-order valence-corrected chi connectivity index (χ3v) is 3.84. The fourth-order valence-electron chi connectivity index (χ4n) is 1.60. The highest BCUT2D eigenvalue weighted by Crippen LogP contribution is 2.25. The van der Waals surface area contributed by atoms with E-state index in [1.54, 1.807) is 18.7 Å². The molecule has 1 aliphatic heterocycles. The second-order valence-electron chi connectivity index (χ2n) is 3.90. The number of aliphatic hydroxyl groups is 1. The minimum atomic E-state index is -0.464. The van der Waals surface area contributed by atoms with Gasteiger partial charge in [-0.3, -0.25) is 14.3 Å². The number of thioether (sulfide) groups is 1. The van der Waals surface area contributed by atoms with Crippen LogP contribution in [0.15, 0.2) is 15.8 Å². The first kappa shape index (κ1) is 12.4. The number of rotatable bonds is 2. The second kappa shape index (κ2) is 5.07. The van der Waals surface area contributed by atoms with Crippen molar-refractivity contribution in [3.63, 3.8) is 0 Å². The van der Waals surface area contributed by atoms with Crippen molar-refractivity contribution >= 4 is 11.8 Å². The molecule has 0 unspecified atom stereocenters. The molecule has 1 aromatic rings. The van der Waals surface area contributed by atoms with Crippen molar-refractivity contribution in [2.24, 2.45) is 0 Å². The number of aromatic nitrogens is 2. The van der Waals surface area contributed by atoms with Crippen LogP contribution in [0.3, 0.4) is 0 Å². The van der Waals surface area contributed by atoms with Crippen molar-refractivity contribution < 1.29 is 9.84 Å². The van der Waals surface area contributed by atoms with E-state index in [4.69, 9.17) is 9.84 Å². The molecule has 94 valence electrons. The lowest BCUT2D eigenvalue weighted by Gasteiger charge is -2.28. The summed E-state index contributed by atoms with van der Waals surface area (Å²) < 4.78 is 6.89. The number of aromatic amines is 1. The Morgan fingerprint density at radius 3 is 3.00 bits per heavy atom. The lowest BCUT2D eigenvalue weighted by atomic mass is 10.4. The van der Waals surface area contributed by atoms with Gasteiger partial charge in [0.2, 0.25) is 0 Å². The maximum absolute atomic E-state index is 11.6. The fourth-order valence-corrected chi connectivity index (χ4v) is 2.57. The van der Waals surface area contributed by atoms with E-state index in [1.807, 2.05) is 0 Å². The molecule has 0 spiro atoms. The number of aliphatic hydroxyl groups excluding tert-OH is 1. The van der Waals surface area contributed by atoms with E-state index in [9.17, 15) is 9.59 Å². The highest BCUT2D eigenvalue weighted by atomic mass is 32.2. The van der Waals surface area contributed by atoms with Gasteiger partial charge < -0.3 is 9.84 Å². The molecule has 1 saturated heterocycles. The van der Waals surface area contributed by atoms with Gasteiger partial charge >= 0.3 is 5.69 Å². The summed E-state index contributed by atoms with van der Waals surface area (Å²) in [6.07, 6.45) is 1.12. The molecular formula is C10H14N2O4S. The van der Waals surface area contributed by atoms with Crippen molar-refractivity contribution in [3.8, 4) is 0 Å². The Labute approximate surface area is 102 Å². The van der Waals surface area contributed by atoms with Crippen LogP contribution in [0.2, 0.25) is 0 Å². The Morgan fingerprint density at radius 2 is 2.41 bits per heavy atom. The zero-order valence-corrected chi connectivity index (χ0v) is 10.2. The molecule has 0 aliphatic carbocycles. The molecule has 2 atom stereocenters. The topological polar surface area (TPSA) is 84.3 Å². The van der Waals surface area contributed by atoms with Crippen LogP contribution in [-0.2, 0) is 4.74 Å². The first-order valence-electron chi connectivity index (χ1n) is 5.28. The summed E-state index contributed by atoms with van der Waals surface area (Å²) in [5.74, 6) is 0.580. The summed E-state index contributed by atoms with van der Waals surface area (Å²) in [4.78, 5) is 25.1. The third kappa shape index (κ3) is 2.62. The highest BCUT2D eigenvalue weighted by Gasteiger charge is 2.23. The number of nitrogens with one attached hydrogen (secondary N) is 1. The minimum absolute atomic E-state index is 0.0609. The van der Waals surface area contributed by atoms with Gasteiger partial charge in [0.25, 0.3) is 5.56 Å². The van der Waals surface area contributed by atoms with Gasteiger partial charge in [-0.05, 0) is 6.92 Å². The van der Waals surface area contributed by atoms with Crippen molar-refractivity contribution in [1.82, 2.24) is 9.55 Å². The summed E-state index contributed by atoms with van der Waals surface area (Å²) in [5, 5.41) is 9.03. The van der Waals surface area contributed by atoms with Gasteiger partial charge in [0.15, 0.2) is 0 Å². The maximum atomic E-state index is 11.6. The van der Waals surface area contributed by atoms with Crippen LogP contribution in [0, 0.1) is 6.92 Å². The normalized spacial score (nSPS) is 24.8. The molecule has 2 heterocycles. The summed E-state index contributed by atoms with van der Waals surface area (Å²) in [7, 11) is 0. The molecule has 0 saturated carbocycles. The number of ether oxygens (including phenoxy) is 1. The van der Waals surface area contributed by atoms with Gasteiger partial charge in [-0.15, -0.1) is 11.8 Å². The Bertz CT molecular complexity index is 502. The van der Waals surface area contributed by atoms with Crippen LogP contribution in [0.25, 0.3) is 0 Å². The van der Waals surface area contributed by atoms with Crippen molar-refractivity contribution in [1.29, 1.82) is 0 Å². The molecule has 1 aromatic heterocycles. The predicted octanol–water partition coefficient (Wildman–Crippen LogP) is -0.532. The molecule has 2 rings (SSSR count). The molecular weight excluding hydrogens is 244 g/mol. The standard InChI is InChI=1S/C10H14N2O4S/c1-6-2-12(10(15)11-9(6)14)8-5-17-7(3-13)4-16-8/h2,7-8,13H,3-5H2,1H3,(H,11,14,15)/t7-,8+/m0/s1. The van der Waals surface area contributed by atoms with Crippen LogP contribution < -0.4 is 11.2 Å². The van der Waals surface area contributed by atoms with E-state index in [1.165, 1.54) is 10.8 Å². The third-order valence-electron chi connectivity index (χ3n) is 2.61. The molecule has 17 heavy (non-hydrogen) atoms. The molecule has 2 N–H and O–H groups in total. The number of hydrogen-bond donors (Lipinski definition) is 2. The van der Waals surface area contributed by atoms with Crippen LogP contribution in [-0.4, -0.2) is 38.9 Å². The summed E-state index contributed by atoms with van der Waals surface area (Å²) >= 11 is 1.56. The van der Waals surface area contributed by atoms with Crippen LogP contribution in [0.5, 0.6) is 0 Å². The quantitative estimate of drug-likeness (QED) is 0.745. The van der Waals surface area contributed by atoms with Gasteiger partial charge in [-0.1, -0.05) is 0 Å². The van der Waals surface area contributed by atoms with Gasteiger partial charge in [-0.2, -0.15) is 0 Å². The van der Waals surface area contributed by atoms with Gasteiger partial charge in [-0.25, -0.2) is 4.79 Å². The Morgan fingerprint density at radius 1 is 1.65 bits per heavy atom. The zero-order valence-electron chi connectivity index (χ0n) is 9.38. The zero-order chi connectivity index (χ0) is 12.4. The highest BCUT2D eigenvalue weighted by molar-refractivity contribution is 8.00. The number of nitrogens with zero attached hydrogens (tertiary/aromatic N) is 1. The summed E-state index contributed by atoms with van der Waals surface area (Å²) in [5.41, 5.74) is -0.362. The first-order chi connectivity index (χ1) is 8.11. The summed E-state index contributed by atoms with van der Waals surface area (Å²) in [6, 6.07) is 0. The minimum Gasteiger partial charge on any atom is -0.395 e. The second-order valence-corrected chi connectivity index (χ2v) is 5.24. The average molecular weight is 258 g/mol. The smallest absolute Gasteiger partial charge is 0.330 e. The van der Waals surface area contributed by atoms with Crippen molar-refractivity contribution in [2.45, 2.75) is 18.4 Å². The molecule has 1 aliphatic rings. The van der Waals surface area contributed by atoms with E-state index in [-0.39, 0.29) is 23.6 Å². The van der Waals surface area contributed by atoms with E-state index < -0.39 is 5.69 Å². The lowest BCUT2D eigenvalue weighted by molar-refractivity contribution is 0.00462. The van der Waals surface area contributed by atoms with Crippen LogP contribution >= 0.6 is 11.8 Å². The average Bonchev–Trinajstić information content (AvgIpc) is 2.34. The summed E-state index contributed by atoms with van der Waals surface area (Å²) in [6.45, 7) is 2.11. The number of H-pyrrole nitrogens is 1. The van der Waals surface area contributed by atoms with Crippen LogP contribution in [0.1, 0.15) is 11.8 Å². The molecule has 0 aromatic carbocycles. The largest absolute Gasteiger partial charge is 0.395 e. The van der Waals surface area contributed by atoms with E-state index in [0.29, 0.717) is 17.9 Å². The van der Waals surface area contributed by atoms with Gasteiger partial charge in [0, 0.05) is 17.5 Å². The first-order valence-corrected chi connectivity index (χ1v) is 6.33. The molecule has 0 bridgehead atoms. The Balaban J connectivity index is 2.22. The van der Waals surface area contributed by atoms with Crippen LogP contribution in [0.4, 0.5) is 0 Å². The molecule has 1 fully saturated rings. The van der Waals surface area contributed by atoms with Gasteiger partial charge in [0.1, 0.15) is 6.23 Å². The molecule has 0 amide bonds. The van der Waals surface area contributed by atoms with Crippen molar-refractivity contribution in [2.75, 3.05) is 19.0 Å². The molecule has 0 radical (unpaired) electrons. The Hall–Kier alpha value is -1.05. The molecule has 6 nitrogen and oxygen atoms in total. The Kier molecular flexibility index (Phi) is 3.70. The fraction of sp³-hybridized carbons (Fsp3) is 0.600.